The summed E-state index contributed by atoms with van der Waals surface area (Å²) in [6.07, 6.45) is 1.65. The molecule has 0 saturated carbocycles. The molecule has 25 heavy (non-hydrogen) atoms. The highest BCUT2D eigenvalue weighted by Gasteiger charge is 2.21. The first-order valence-corrected chi connectivity index (χ1v) is 8.44. The lowest BCUT2D eigenvalue weighted by atomic mass is 10.2. The third kappa shape index (κ3) is 4.48. The summed E-state index contributed by atoms with van der Waals surface area (Å²) in [5, 5.41) is 0. The summed E-state index contributed by atoms with van der Waals surface area (Å²) in [5.74, 6) is 0.854. The number of aromatic nitrogens is 1. The van der Waals surface area contributed by atoms with Crippen LogP contribution in [0.15, 0.2) is 53.5 Å². The van der Waals surface area contributed by atoms with Crippen molar-refractivity contribution in [3.8, 4) is 5.75 Å². The Kier molecular flexibility index (Phi) is 5.50. The normalized spacial score (nSPS) is 15.2. The third-order valence-corrected chi connectivity index (χ3v) is 4.49. The molecule has 3 rings (SSSR count). The van der Waals surface area contributed by atoms with Crippen molar-refractivity contribution >= 4 is 5.91 Å². The van der Waals surface area contributed by atoms with Crippen LogP contribution >= 0.6 is 0 Å². The van der Waals surface area contributed by atoms with Crippen molar-refractivity contribution in [2.24, 2.45) is 0 Å². The van der Waals surface area contributed by atoms with Crippen LogP contribution in [-0.4, -0.2) is 53.6 Å². The van der Waals surface area contributed by atoms with E-state index in [1.165, 1.54) is 16.2 Å². The van der Waals surface area contributed by atoms with Crippen LogP contribution in [0.4, 0.5) is 0 Å². The number of methoxy groups -OCH3 is 1. The Morgan fingerprint density at radius 1 is 1.04 bits per heavy atom. The Morgan fingerprint density at radius 2 is 1.76 bits per heavy atom. The summed E-state index contributed by atoms with van der Waals surface area (Å²) in [6.45, 7) is 4.03. The molecule has 0 N–H and O–H groups in total. The van der Waals surface area contributed by atoms with Crippen LogP contribution in [0.25, 0.3) is 0 Å². The van der Waals surface area contributed by atoms with Gasteiger partial charge in [-0.15, -0.1) is 0 Å². The largest absolute Gasteiger partial charge is 0.497 e. The second-order valence-corrected chi connectivity index (χ2v) is 6.17. The van der Waals surface area contributed by atoms with E-state index < -0.39 is 0 Å². The molecule has 0 aliphatic carbocycles. The topological polar surface area (TPSA) is 54.8 Å². The summed E-state index contributed by atoms with van der Waals surface area (Å²) < 4.78 is 6.63. The first kappa shape index (κ1) is 17.2. The minimum Gasteiger partial charge on any atom is -0.497 e. The lowest BCUT2D eigenvalue weighted by Gasteiger charge is -2.34. The van der Waals surface area contributed by atoms with Gasteiger partial charge in [0.1, 0.15) is 12.3 Å². The van der Waals surface area contributed by atoms with E-state index in [0.29, 0.717) is 13.1 Å². The molecule has 0 radical (unpaired) electrons. The number of benzene rings is 1. The number of nitrogens with zero attached hydrogens (tertiary/aromatic N) is 3. The standard InChI is InChI=1S/C19H23N3O3/c1-25-17-7-5-16(6-8-17)14-20-10-12-21(13-11-20)19(24)15-22-9-3-2-4-18(22)23/h2-9H,10-15H2,1H3. The van der Waals surface area contributed by atoms with E-state index in [-0.39, 0.29) is 18.0 Å². The SMILES string of the molecule is COc1ccc(CN2CCN(C(=O)Cn3ccccc3=O)CC2)cc1. The van der Waals surface area contributed by atoms with E-state index in [0.717, 1.165) is 25.4 Å². The van der Waals surface area contributed by atoms with Crippen molar-refractivity contribution in [3.63, 3.8) is 0 Å². The van der Waals surface area contributed by atoms with Crippen molar-refractivity contribution in [3.05, 3.63) is 64.6 Å². The maximum Gasteiger partial charge on any atom is 0.250 e. The lowest BCUT2D eigenvalue weighted by Crippen LogP contribution is -2.49. The Bertz CT molecular complexity index is 762. The summed E-state index contributed by atoms with van der Waals surface area (Å²) >= 11 is 0. The van der Waals surface area contributed by atoms with Gasteiger partial charge in [0.25, 0.3) is 5.56 Å². The fourth-order valence-corrected chi connectivity index (χ4v) is 2.98. The molecule has 1 amide bonds. The van der Waals surface area contributed by atoms with Crippen LogP contribution in [0.3, 0.4) is 0 Å². The maximum atomic E-state index is 12.4. The van der Waals surface area contributed by atoms with Gasteiger partial charge >= 0.3 is 0 Å². The first-order chi connectivity index (χ1) is 12.2. The van der Waals surface area contributed by atoms with E-state index in [1.807, 2.05) is 17.0 Å². The summed E-state index contributed by atoms with van der Waals surface area (Å²) in [4.78, 5) is 28.3. The molecule has 0 spiro atoms. The maximum absolute atomic E-state index is 12.4. The molecule has 132 valence electrons. The lowest BCUT2D eigenvalue weighted by molar-refractivity contribution is -0.133. The van der Waals surface area contributed by atoms with E-state index in [4.69, 9.17) is 4.74 Å². The van der Waals surface area contributed by atoms with Gasteiger partial charge in [-0.3, -0.25) is 14.5 Å². The second kappa shape index (κ2) is 7.98. The fourth-order valence-electron chi connectivity index (χ4n) is 2.98. The smallest absolute Gasteiger partial charge is 0.250 e. The first-order valence-electron chi connectivity index (χ1n) is 8.44. The molecule has 2 aromatic rings. The average Bonchev–Trinajstić information content (AvgIpc) is 2.65. The van der Waals surface area contributed by atoms with Crippen LogP contribution in [0.2, 0.25) is 0 Å². The molecular formula is C19H23N3O3. The summed E-state index contributed by atoms with van der Waals surface area (Å²) in [5.41, 5.74) is 1.09. The van der Waals surface area contributed by atoms with Gasteiger partial charge in [-0.1, -0.05) is 18.2 Å². The highest BCUT2D eigenvalue weighted by atomic mass is 16.5. The fraction of sp³-hybridized carbons (Fsp3) is 0.368. The minimum atomic E-state index is -0.144. The molecule has 1 aromatic heterocycles. The highest BCUT2D eigenvalue weighted by molar-refractivity contribution is 5.76. The van der Waals surface area contributed by atoms with Gasteiger partial charge in [0, 0.05) is 45.0 Å². The Morgan fingerprint density at radius 3 is 2.40 bits per heavy atom. The molecule has 6 nitrogen and oxygen atoms in total. The number of ether oxygens (including phenoxy) is 1. The van der Waals surface area contributed by atoms with E-state index >= 15 is 0 Å². The molecule has 0 atom stereocenters. The Labute approximate surface area is 147 Å². The van der Waals surface area contributed by atoms with Crippen molar-refractivity contribution in [2.75, 3.05) is 33.3 Å². The van der Waals surface area contributed by atoms with Crippen LogP contribution in [0.1, 0.15) is 5.56 Å². The molecule has 0 bridgehead atoms. The molecule has 2 heterocycles. The van der Waals surface area contributed by atoms with Gasteiger partial charge in [-0.25, -0.2) is 0 Å². The summed E-state index contributed by atoms with van der Waals surface area (Å²) in [6, 6.07) is 13.0. The number of pyridine rings is 1. The van der Waals surface area contributed by atoms with Crippen LogP contribution < -0.4 is 10.3 Å². The monoisotopic (exact) mass is 341 g/mol. The van der Waals surface area contributed by atoms with Gasteiger partial charge in [-0.2, -0.15) is 0 Å². The molecule has 1 aromatic carbocycles. The molecule has 1 aliphatic rings. The zero-order chi connectivity index (χ0) is 17.6. The van der Waals surface area contributed by atoms with E-state index in [1.54, 1.807) is 25.4 Å². The predicted octanol–water partition coefficient (Wildman–Crippen LogP) is 1.20. The number of amides is 1. The number of piperazine rings is 1. The van der Waals surface area contributed by atoms with Gasteiger partial charge < -0.3 is 14.2 Å². The molecule has 0 unspecified atom stereocenters. The van der Waals surface area contributed by atoms with Crippen LogP contribution in [0, 0.1) is 0 Å². The zero-order valence-electron chi connectivity index (χ0n) is 14.4. The Balaban J connectivity index is 1.50. The van der Waals surface area contributed by atoms with Crippen molar-refractivity contribution in [1.29, 1.82) is 0 Å². The van der Waals surface area contributed by atoms with Gasteiger partial charge in [-0.05, 0) is 23.8 Å². The Hall–Kier alpha value is -2.60. The van der Waals surface area contributed by atoms with Crippen molar-refractivity contribution < 1.29 is 9.53 Å². The van der Waals surface area contributed by atoms with Crippen LogP contribution in [0.5, 0.6) is 5.75 Å². The molecular weight excluding hydrogens is 318 g/mol. The van der Waals surface area contributed by atoms with E-state index in [9.17, 15) is 9.59 Å². The van der Waals surface area contributed by atoms with Gasteiger partial charge in [0.15, 0.2) is 0 Å². The van der Waals surface area contributed by atoms with Gasteiger partial charge in [0.2, 0.25) is 5.91 Å². The van der Waals surface area contributed by atoms with Gasteiger partial charge in [0.05, 0.1) is 7.11 Å². The molecule has 1 fully saturated rings. The minimum absolute atomic E-state index is 0.00241. The second-order valence-electron chi connectivity index (χ2n) is 6.17. The van der Waals surface area contributed by atoms with Crippen LogP contribution in [-0.2, 0) is 17.9 Å². The number of rotatable bonds is 5. The number of hydrogen-bond acceptors (Lipinski definition) is 4. The third-order valence-electron chi connectivity index (χ3n) is 4.49. The van der Waals surface area contributed by atoms with E-state index in [2.05, 4.69) is 17.0 Å². The molecule has 1 aliphatic heterocycles. The van der Waals surface area contributed by atoms with Crippen molar-refractivity contribution in [1.82, 2.24) is 14.4 Å². The quantitative estimate of drug-likeness (QED) is 0.820. The molecule has 6 heteroatoms. The zero-order valence-corrected chi connectivity index (χ0v) is 14.4. The average molecular weight is 341 g/mol. The highest BCUT2D eigenvalue weighted by Crippen LogP contribution is 2.14. The molecule has 1 saturated heterocycles. The van der Waals surface area contributed by atoms with Crippen molar-refractivity contribution in [2.45, 2.75) is 13.1 Å². The predicted molar refractivity (Wildman–Crippen MR) is 95.6 cm³/mol. The number of hydrogen-bond donors (Lipinski definition) is 0. The summed E-state index contributed by atoms with van der Waals surface area (Å²) in [7, 11) is 1.66. The number of carbonyl (C=O) groups excluding carboxylic acids is 1. The number of carbonyl (C=O) groups is 1.